The molecule has 0 radical (unpaired) electrons. The van der Waals surface area contributed by atoms with E-state index in [0.717, 1.165) is 12.1 Å². The lowest BCUT2D eigenvalue weighted by molar-refractivity contribution is 0.0660. The Labute approximate surface area is 115 Å². The number of carboxylic acid groups (broad SMARTS) is 1. The van der Waals surface area contributed by atoms with E-state index >= 15 is 0 Å². The Hall–Kier alpha value is -2.50. The zero-order valence-corrected chi connectivity index (χ0v) is 11.1. The van der Waals surface area contributed by atoms with Gasteiger partial charge in [0.05, 0.1) is 12.2 Å². The van der Waals surface area contributed by atoms with Crippen LogP contribution in [0, 0.1) is 0 Å². The Morgan fingerprint density at radius 3 is 2.80 bits per heavy atom. The van der Waals surface area contributed by atoms with Crippen LogP contribution in [0.5, 0.6) is 0 Å². The van der Waals surface area contributed by atoms with Crippen molar-refractivity contribution in [3.05, 3.63) is 52.3 Å². The van der Waals surface area contributed by atoms with Gasteiger partial charge in [0.25, 0.3) is 5.56 Å². The lowest BCUT2D eigenvalue weighted by Gasteiger charge is -2.08. The van der Waals surface area contributed by atoms with Gasteiger partial charge in [0.2, 0.25) is 5.76 Å². The topological polar surface area (TPSA) is 84.5 Å². The number of anilines is 1. The Morgan fingerprint density at radius 2 is 2.15 bits per heavy atom. The lowest BCUT2D eigenvalue weighted by atomic mass is 10.3. The minimum absolute atomic E-state index is 0.0384. The fourth-order valence-corrected chi connectivity index (χ4v) is 1.83. The third-order valence-corrected chi connectivity index (χ3v) is 2.79. The molecule has 106 valence electrons. The zero-order valence-electron chi connectivity index (χ0n) is 11.1. The minimum Gasteiger partial charge on any atom is -0.475 e. The number of hydrogen-bond acceptors (Lipinski definition) is 4. The third-order valence-electron chi connectivity index (χ3n) is 2.79. The van der Waals surface area contributed by atoms with Crippen LogP contribution < -0.4 is 10.9 Å². The smallest absolute Gasteiger partial charge is 0.371 e. The molecule has 0 unspecified atom stereocenters. The average molecular weight is 276 g/mol. The Balaban J connectivity index is 2.04. The van der Waals surface area contributed by atoms with Crippen LogP contribution in [0.4, 0.5) is 5.69 Å². The van der Waals surface area contributed by atoms with Crippen molar-refractivity contribution in [2.45, 2.75) is 26.4 Å². The number of aryl methyl sites for hydroxylation is 1. The molecule has 0 saturated heterocycles. The molecule has 0 aliphatic heterocycles. The number of aromatic nitrogens is 1. The van der Waals surface area contributed by atoms with Crippen LogP contribution in [0.2, 0.25) is 0 Å². The third kappa shape index (κ3) is 3.28. The summed E-state index contributed by atoms with van der Waals surface area (Å²) in [6, 6.07) is 6.22. The van der Waals surface area contributed by atoms with Crippen molar-refractivity contribution in [3.8, 4) is 0 Å². The highest BCUT2D eigenvalue weighted by Crippen LogP contribution is 2.11. The number of carboxylic acids is 1. The van der Waals surface area contributed by atoms with Gasteiger partial charge in [-0.25, -0.2) is 4.79 Å². The van der Waals surface area contributed by atoms with Crippen molar-refractivity contribution in [1.29, 1.82) is 0 Å². The van der Waals surface area contributed by atoms with Crippen molar-refractivity contribution in [2.24, 2.45) is 0 Å². The zero-order chi connectivity index (χ0) is 14.5. The standard InChI is InChI=1S/C14H16N2O4/c1-2-7-16-9-10(3-6-13(16)17)15-8-11-4-5-12(20-11)14(18)19/h3-6,9,15H,2,7-8H2,1H3,(H,18,19). The lowest BCUT2D eigenvalue weighted by Crippen LogP contribution is -2.18. The molecule has 0 aliphatic rings. The molecule has 0 amide bonds. The predicted molar refractivity (Wildman–Crippen MR) is 74.0 cm³/mol. The fraction of sp³-hybridized carbons (Fsp3) is 0.286. The largest absolute Gasteiger partial charge is 0.475 e. The fourth-order valence-electron chi connectivity index (χ4n) is 1.83. The van der Waals surface area contributed by atoms with Gasteiger partial charge in [0.15, 0.2) is 0 Å². The number of nitrogens with zero attached hydrogens (tertiary/aromatic N) is 1. The monoisotopic (exact) mass is 276 g/mol. The second-order valence-electron chi connectivity index (χ2n) is 4.37. The van der Waals surface area contributed by atoms with Crippen molar-refractivity contribution in [1.82, 2.24) is 4.57 Å². The van der Waals surface area contributed by atoms with Crippen LogP contribution in [0.3, 0.4) is 0 Å². The van der Waals surface area contributed by atoms with Crippen LogP contribution in [0.15, 0.2) is 39.7 Å². The first-order valence-corrected chi connectivity index (χ1v) is 6.36. The summed E-state index contributed by atoms with van der Waals surface area (Å²) in [6.07, 6.45) is 2.62. The summed E-state index contributed by atoms with van der Waals surface area (Å²) in [5.74, 6) is -0.652. The molecule has 0 aromatic carbocycles. The van der Waals surface area contributed by atoms with Gasteiger partial charge in [0.1, 0.15) is 5.76 Å². The SMILES string of the molecule is CCCn1cc(NCc2ccc(C(=O)O)o2)ccc1=O. The Morgan fingerprint density at radius 1 is 1.35 bits per heavy atom. The van der Waals surface area contributed by atoms with Gasteiger partial charge in [0, 0.05) is 18.8 Å². The normalized spacial score (nSPS) is 10.4. The molecule has 6 nitrogen and oxygen atoms in total. The molecule has 2 N–H and O–H groups in total. The Bertz CT molecular complexity index is 657. The van der Waals surface area contributed by atoms with E-state index in [-0.39, 0.29) is 11.3 Å². The summed E-state index contributed by atoms with van der Waals surface area (Å²) in [4.78, 5) is 22.3. The molecule has 0 spiro atoms. The van der Waals surface area contributed by atoms with Gasteiger partial charge in [-0.05, 0) is 24.6 Å². The first-order valence-electron chi connectivity index (χ1n) is 6.36. The van der Waals surface area contributed by atoms with E-state index in [1.807, 2.05) is 6.92 Å². The molecule has 0 bridgehead atoms. The van der Waals surface area contributed by atoms with E-state index in [2.05, 4.69) is 5.32 Å². The quantitative estimate of drug-likeness (QED) is 0.844. The van der Waals surface area contributed by atoms with E-state index in [4.69, 9.17) is 9.52 Å². The van der Waals surface area contributed by atoms with Crippen LogP contribution in [0.25, 0.3) is 0 Å². The first-order chi connectivity index (χ1) is 9.60. The maximum Gasteiger partial charge on any atom is 0.371 e. The summed E-state index contributed by atoms with van der Waals surface area (Å²) in [5.41, 5.74) is 0.745. The van der Waals surface area contributed by atoms with Crippen molar-refractivity contribution in [2.75, 3.05) is 5.32 Å². The second-order valence-corrected chi connectivity index (χ2v) is 4.37. The molecule has 0 aliphatic carbocycles. The Kier molecular flexibility index (Phi) is 4.24. The summed E-state index contributed by atoms with van der Waals surface area (Å²) in [5, 5.41) is 11.8. The van der Waals surface area contributed by atoms with Crippen LogP contribution in [0.1, 0.15) is 29.7 Å². The number of pyridine rings is 1. The van der Waals surface area contributed by atoms with E-state index in [0.29, 0.717) is 18.8 Å². The predicted octanol–water partition coefficient (Wildman–Crippen LogP) is 2.16. The van der Waals surface area contributed by atoms with Gasteiger partial charge in [-0.15, -0.1) is 0 Å². The minimum atomic E-state index is -1.09. The molecular formula is C14H16N2O4. The maximum atomic E-state index is 11.6. The highest BCUT2D eigenvalue weighted by atomic mass is 16.4. The van der Waals surface area contributed by atoms with Crippen LogP contribution in [-0.4, -0.2) is 15.6 Å². The number of carbonyl (C=O) groups is 1. The summed E-state index contributed by atoms with van der Waals surface area (Å²) >= 11 is 0. The number of nitrogens with one attached hydrogen (secondary N) is 1. The van der Waals surface area contributed by atoms with E-state index in [9.17, 15) is 9.59 Å². The average Bonchev–Trinajstić information content (AvgIpc) is 2.89. The molecule has 0 atom stereocenters. The van der Waals surface area contributed by atoms with E-state index in [1.54, 1.807) is 22.9 Å². The molecule has 2 rings (SSSR count). The summed E-state index contributed by atoms with van der Waals surface area (Å²) in [6.45, 7) is 3.03. The molecule has 0 fully saturated rings. The first kappa shape index (κ1) is 13.9. The van der Waals surface area contributed by atoms with E-state index < -0.39 is 5.97 Å². The molecule has 2 heterocycles. The molecular weight excluding hydrogens is 260 g/mol. The molecule has 2 aromatic heterocycles. The van der Waals surface area contributed by atoms with Crippen molar-refractivity contribution < 1.29 is 14.3 Å². The number of rotatable bonds is 6. The van der Waals surface area contributed by atoms with Gasteiger partial charge in [-0.1, -0.05) is 6.92 Å². The second kappa shape index (κ2) is 6.10. The highest BCUT2D eigenvalue weighted by molar-refractivity contribution is 5.84. The highest BCUT2D eigenvalue weighted by Gasteiger charge is 2.08. The molecule has 0 saturated carbocycles. The number of hydrogen-bond donors (Lipinski definition) is 2. The number of aromatic carboxylic acids is 1. The van der Waals surface area contributed by atoms with Gasteiger partial charge >= 0.3 is 5.97 Å². The maximum absolute atomic E-state index is 11.6. The van der Waals surface area contributed by atoms with Crippen LogP contribution >= 0.6 is 0 Å². The molecule has 20 heavy (non-hydrogen) atoms. The van der Waals surface area contributed by atoms with Gasteiger partial charge in [-0.3, -0.25) is 4.79 Å². The van der Waals surface area contributed by atoms with Crippen LogP contribution in [-0.2, 0) is 13.1 Å². The molecule has 2 aromatic rings. The summed E-state index contributed by atoms with van der Waals surface area (Å²) in [7, 11) is 0. The molecule has 6 heteroatoms. The van der Waals surface area contributed by atoms with E-state index in [1.165, 1.54) is 12.1 Å². The van der Waals surface area contributed by atoms with Crippen molar-refractivity contribution >= 4 is 11.7 Å². The number of furan rings is 1. The summed E-state index contributed by atoms with van der Waals surface area (Å²) < 4.78 is 6.77. The van der Waals surface area contributed by atoms with Gasteiger partial charge in [-0.2, -0.15) is 0 Å². The van der Waals surface area contributed by atoms with Gasteiger partial charge < -0.3 is 19.4 Å². The van der Waals surface area contributed by atoms with Crippen molar-refractivity contribution in [3.63, 3.8) is 0 Å².